The molecule has 1 aliphatic heterocycles. The van der Waals surface area contributed by atoms with Gasteiger partial charge in [-0.15, -0.1) is 0 Å². The van der Waals surface area contributed by atoms with Gasteiger partial charge in [0.15, 0.2) is 0 Å². The molecule has 0 bridgehead atoms. The summed E-state index contributed by atoms with van der Waals surface area (Å²) in [7, 11) is -4.17. The molecular weight excluding hydrogens is 575 g/mol. The minimum absolute atomic E-state index is 0.0764. The van der Waals surface area contributed by atoms with Gasteiger partial charge in [-0.3, -0.25) is 13.9 Å². The Labute approximate surface area is 223 Å². The summed E-state index contributed by atoms with van der Waals surface area (Å²) in [5.41, 5.74) is 6.23. The Balaban J connectivity index is 1.33. The molecule has 196 valence electrons. The van der Waals surface area contributed by atoms with E-state index in [0.29, 0.717) is 12.3 Å². The van der Waals surface area contributed by atoms with Gasteiger partial charge in [0.25, 0.3) is 0 Å². The third-order valence-electron chi connectivity index (χ3n) is 8.74. The molecule has 36 heavy (non-hydrogen) atoms. The zero-order chi connectivity index (χ0) is 26.2. The summed E-state index contributed by atoms with van der Waals surface area (Å²) in [6.07, 6.45) is 4.29. The summed E-state index contributed by atoms with van der Waals surface area (Å²) in [5.74, 6) is -1.07. The summed E-state index contributed by atoms with van der Waals surface area (Å²) in [6.45, 7) is 3.86. The third-order valence-corrected chi connectivity index (χ3v) is 11.4. The fraction of sp³-hybridized carbons (Fsp3) is 0.583. The average Bonchev–Trinajstić information content (AvgIpc) is 3.03. The van der Waals surface area contributed by atoms with Crippen molar-refractivity contribution in [3.8, 4) is 0 Å². The highest BCUT2D eigenvalue weighted by Gasteiger charge is 2.65. The molecule has 2 saturated carbocycles. The van der Waals surface area contributed by atoms with Crippen LogP contribution in [0.4, 0.5) is 10.1 Å². The maximum absolute atomic E-state index is 14.8. The standard InChI is InChI=1S/C24H29BrClFN4O4S/c1-12-9-30(36(34,35)31(10-12)22-18(25)7-14(26)8-19(22)27)11-21(32)29-20-4-3-16-15(23(28)33)5-13-6-17(20)24(13,16)2/h4,7-8,12-13,15-17H,3,5-6,9-11H2,1-2H3,(H2,28,33)(H,29,32). The number of nitrogens with zero attached hydrogens (tertiary/aromatic N) is 2. The van der Waals surface area contributed by atoms with Gasteiger partial charge in [0.05, 0.1) is 6.54 Å². The van der Waals surface area contributed by atoms with Crippen LogP contribution in [-0.4, -0.2) is 44.2 Å². The van der Waals surface area contributed by atoms with Crippen molar-refractivity contribution in [2.24, 2.45) is 40.7 Å². The van der Waals surface area contributed by atoms with Crippen molar-refractivity contribution in [1.82, 2.24) is 9.62 Å². The quantitative estimate of drug-likeness (QED) is 0.537. The van der Waals surface area contributed by atoms with Gasteiger partial charge < -0.3 is 11.1 Å². The van der Waals surface area contributed by atoms with Gasteiger partial charge in [-0.05, 0) is 70.5 Å². The summed E-state index contributed by atoms with van der Waals surface area (Å²) in [4.78, 5) is 25.0. The smallest absolute Gasteiger partial charge is 0.304 e. The van der Waals surface area contributed by atoms with Crippen LogP contribution in [0.25, 0.3) is 0 Å². The second kappa shape index (κ2) is 8.96. The topological polar surface area (TPSA) is 113 Å². The first kappa shape index (κ1) is 25.9. The van der Waals surface area contributed by atoms with Crippen molar-refractivity contribution < 1.29 is 22.4 Å². The normalized spacial score (nSPS) is 35.0. The van der Waals surface area contributed by atoms with E-state index in [-0.39, 0.29) is 69.8 Å². The Morgan fingerprint density at radius 1 is 1.31 bits per heavy atom. The predicted octanol–water partition coefficient (Wildman–Crippen LogP) is 3.41. The molecule has 0 aromatic heterocycles. The van der Waals surface area contributed by atoms with Gasteiger partial charge in [-0.25, -0.2) is 4.39 Å². The minimum atomic E-state index is -4.17. The molecule has 3 N–H and O–H groups in total. The van der Waals surface area contributed by atoms with Gasteiger partial charge in [0.1, 0.15) is 11.5 Å². The van der Waals surface area contributed by atoms with E-state index in [9.17, 15) is 22.4 Å². The number of rotatable bonds is 5. The fourth-order valence-corrected chi connectivity index (χ4v) is 9.93. The Hall–Kier alpha value is -1.69. The molecule has 8 nitrogen and oxygen atoms in total. The monoisotopic (exact) mass is 602 g/mol. The van der Waals surface area contributed by atoms with Crippen molar-refractivity contribution in [2.75, 3.05) is 23.9 Å². The van der Waals surface area contributed by atoms with E-state index >= 15 is 0 Å². The zero-order valence-electron chi connectivity index (χ0n) is 20.0. The van der Waals surface area contributed by atoms with Crippen molar-refractivity contribution >= 4 is 55.2 Å². The van der Waals surface area contributed by atoms with E-state index in [1.807, 2.05) is 13.0 Å². The first-order valence-corrected chi connectivity index (χ1v) is 14.6. The van der Waals surface area contributed by atoms with Gasteiger partial charge in [-0.2, -0.15) is 12.7 Å². The Bertz CT molecular complexity index is 1250. The Morgan fingerprint density at radius 2 is 2.03 bits per heavy atom. The first-order valence-electron chi connectivity index (χ1n) is 12.1. The third kappa shape index (κ3) is 3.97. The lowest BCUT2D eigenvalue weighted by Crippen LogP contribution is -2.57. The number of carbonyl (C=O) groups is 2. The second-order valence-electron chi connectivity index (χ2n) is 10.8. The lowest BCUT2D eigenvalue weighted by molar-refractivity contribution is -0.125. The maximum Gasteiger partial charge on any atom is 0.304 e. The van der Waals surface area contributed by atoms with E-state index in [1.165, 1.54) is 6.07 Å². The first-order chi connectivity index (χ1) is 16.8. The Kier molecular flexibility index (Phi) is 6.45. The van der Waals surface area contributed by atoms with Crippen molar-refractivity contribution in [3.63, 3.8) is 0 Å². The molecule has 1 aromatic carbocycles. The molecular formula is C24H29BrClFN4O4S. The summed E-state index contributed by atoms with van der Waals surface area (Å²) >= 11 is 9.13. The van der Waals surface area contributed by atoms with Crippen LogP contribution in [0.3, 0.4) is 0 Å². The van der Waals surface area contributed by atoms with E-state index in [0.717, 1.165) is 33.2 Å². The largest absolute Gasteiger partial charge is 0.369 e. The van der Waals surface area contributed by atoms with E-state index in [4.69, 9.17) is 17.3 Å². The molecule has 4 aliphatic rings. The zero-order valence-corrected chi connectivity index (χ0v) is 23.2. The van der Waals surface area contributed by atoms with Crippen LogP contribution < -0.4 is 15.4 Å². The highest BCUT2D eigenvalue weighted by Crippen LogP contribution is 2.69. The molecule has 0 radical (unpaired) electrons. The molecule has 1 saturated heterocycles. The number of primary amides is 1. The number of nitrogens with one attached hydrogen (secondary N) is 1. The molecule has 0 spiro atoms. The number of amides is 2. The number of nitrogens with two attached hydrogens (primary N) is 1. The highest BCUT2D eigenvalue weighted by molar-refractivity contribution is 9.10. The molecule has 3 aliphatic carbocycles. The molecule has 2 amide bonds. The van der Waals surface area contributed by atoms with Crippen LogP contribution in [-0.2, 0) is 19.8 Å². The van der Waals surface area contributed by atoms with E-state index in [1.54, 1.807) is 0 Å². The van der Waals surface area contributed by atoms with Gasteiger partial charge in [0.2, 0.25) is 11.8 Å². The number of halogens is 3. The second-order valence-corrected chi connectivity index (χ2v) is 13.9. The summed E-state index contributed by atoms with van der Waals surface area (Å²) in [5, 5.41) is 3.09. The molecule has 1 heterocycles. The fourth-order valence-electron chi connectivity index (χ4n) is 6.96. The number of hydrogen-bond acceptors (Lipinski definition) is 4. The van der Waals surface area contributed by atoms with Gasteiger partial charge in [0, 0.05) is 40.1 Å². The van der Waals surface area contributed by atoms with Crippen molar-refractivity contribution in [3.05, 3.63) is 39.2 Å². The van der Waals surface area contributed by atoms with Crippen molar-refractivity contribution in [1.29, 1.82) is 0 Å². The van der Waals surface area contributed by atoms with Gasteiger partial charge >= 0.3 is 10.2 Å². The predicted molar refractivity (Wildman–Crippen MR) is 137 cm³/mol. The van der Waals surface area contributed by atoms with Crippen molar-refractivity contribution in [2.45, 2.75) is 33.1 Å². The highest BCUT2D eigenvalue weighted by atomic mass is 79.9. The van der Waals surface area contributed by atoms with Gasteiger partial charge in [-0.1, -0.05) is 31.5 Å². The van der Waals surface area contributed by atoms with E-state index in [2.05, 4.69) is 28.2 Å². The lowest BCUT2D eigenvalue weighted by Gasteiger charge is -2.56. The number of allylic oxidation sites excluding steroid dienone is 2. The number of anilines is 1. The number of benzene rings is 1. The molecule has 1 aromatic rings. The van der Waals surface area contributed by atoms with Crippen LogP contribution in [0.1, 0.15) is 33.1 Å². The SMILES string of the molecule is CC1CN(CC(=O)NC2=CCC3C(C(N)=O)CC4CC2C43C)S(=O)(=O)N(c2c(F)cc(Cl)cc2Br)C1. The molecule has 3 fully saturated rings. The minimum Gasteiger partial charge on any atom is -0.369 e. The summed E-state index contributed by atoms with van der Waals surface area (Å²) < 4.78 is 44.0. The van der Waals surface area contributed by atoms with E-state index < -0.39 is 21.9 Å². The molecule has 5 rings (SSSR count). The maximum atomic E-state index is 14.8. The average molecular weight is 604 g/mol. The van der Waals surface area contributed by atoms with Crippen LogP contribution in [0.2, 0.25) is 5.02 Å². The number of hydrogen-bond donors (Lipinski definition) is 2. The van der Waals surface area contributed by atoms with Crippen LogP contribution in [0.15, 0.2) is 28.4 Å². The lowest BCUT2D eigenvalue weighted by atomic mass is 9.49. The molecule has 6 atom stereocenters. The van der Waals surface area contributed by atoms with Crippen LogP contribution in [0, 0.1) is 40.8 Å². The molecule has 12 heteroatoms. The number of carbonyl (C=O) groups excluding carboxylic acids is 2. The van der Waals surface area contributed by atoms with Crippen LogP contribution in [0.5, 0.6) is 0 Å². The summed E-state index contributed by atoms with van der Waals surface area (Å²) in [6, 6.07) is 2.50. The molecule has 6 unspecified atom stereocenters. The van der Waals surface area contributed by atoms with Crippen LogP contribution >= 0.6 is 27.5 Å². The Morgan fingerprint density at radius 3 is 2.69 bits per heavy atom.